The van der Waals surface area contributed by atoms with Gasteiger partial charge in [0.1, 0.15) is 5.75 Å². The van der Waals surface area contributed by atoms with Crippen molar-refractivity contribution in [2.24, 2.45) is 0 Å². The Morgan fingerprint density at radius 1 is 1.19 bits per heavy atom. The van der Waals surface area contributed by atoms with Gasteiger partial charge in [-0.1, -0.05) is 29.8 Å². The van der Waals surface area contributed by atoms with Crippen molar-refractivity contribution < 1.29 is 19.2 Å². The van der Waals surface area contributed by atoms with E-state index in [0.29, 0.717) is 42.9 Å². The molecule has 0 saturated carbocycles. The molecule has 4 rings (SSSR count). The van der Waals surface area contributed by atoms with Gasteiger partial charge in [-0.25, -0.2) is 0 Å². The van der Waals surface area contributed by atoms with Crippen molar-refractivity contribution in [3.63, 3.8) is 0 Å². The largest absolute Gasteiger partial charge is 0.494 e. The highest BCUT2D eigenvalue weighted by atomic mass is 35.5. The van der Waals surface area contributed by atoms with E-state index in [-0.39, 0.29) is 34.5 Å². The number of anilines is 1. The Bertz CT molecular complexity index is 1110. The van der Waals surface area contributed by atoms with Crippen LogP contribution in [0.4, 0.5) is 11.4 Å². The monoisotopic (exact) mass is 440 g/mol. The van der Waals surface area contributed by atoms with Gasteiger partial charge in [0.05, 0.1) is 22.2 Å². The number of rotatable bonds is 5. The highest BCUT2D eigenvalue weighted by Gasteiger charge is 2.41. The van der Waals surface area contributed by atoms with E-state index in [4.69, 9.17) is 16.3 Å². The van der Waals surface area contributed by atoms with Crippen LogP contribution in [-0.4, -0.2) is 23.2 Å². The molecule has 1 heterocycles. The van der Waals surface area contributed by atoms with Gasteiger partial charge in [0.25, 0.3) is 5.69 Å². The number of hydrogen-bond donors (Lipinski definition) is 0. The number of carbonyl (C=O) groups is 2. The van der Waals surface area contributed by atoms with Crippen molar-refractivity contribution in [1.82, 2.24) is 0 Å². The zero-order valence-electron chi connectivity index (χ0n) is 17.0. The molecule has 7 nitrogen and oxygen atoms in total. The van der Waals surface area contributed by atoms with Crippen LogP contribution in [0.25, 0.3) is 0 Å². The summed E-state index contributed by atoms with van der Waals surface area (Å²) in [4.78, 5) is 38.6. The number of non-ortho nitro benzene ring substituents is 1. The first kappa shape index (κ1) is 21.1. The molecule has 1 unspecified atom stereocenters. The third kappa shape index (κ3) is 3.81. The molecule has 2 aliphatic rings. The average molecular weight is 441 g/mol. The van der Waals surface area contributed by atoms with Crippen LogP contribution in [0.2, 0.25) is 5.02 Å². The molecule has 0 aromatic heterocycles. The van der Waals surface area contributed by atoms with Gasteiger partial charge in [-0.2, -0.15) is 0 Å². The fourth-order valence-electron chi connectivity index (χ4n) is 4.38. The number of carbonyl (C=O) groups excluding carboxylic acids is 2. The van der Waals surface area contributed by atoms with E-state index in [9.17, 15) is 19.7 Å². The Kier molecular flexibility index (Phi) is 5.78. The summed E-state index contributed by atoms with van der Waals surface area (Å²) in [6.07, 6.45) is 1.57. The summed E-state index contributed by atoms with van der Waals surface area (Å²) in [6, 6.07) is 11.4. The molecule has 2 aromatic carbocycles. The van der Waals surface area contributed by atoms with Crippen LogP contribution in [0.15, 0.2) is 53.7 Å². The molecule has 160 valence electrons. The predicted molar refractivity (Wildman–Crippen MR) is 116 cm³/mol. The van der Waals surface area contributed by atoms with E-state index < -0.39 is 10.8 Å². The average Bonchev–Trinajstić information content (AvgIpc) is 2.74. The van der Waals surface area contributed by atoms with E-state index in [1.807, 2.05) is 31.2 Å². The molecule has 2 aromatic rings. The van der Waals surface area contributed by atoms with E-state index in [1.54, 1.807) is 0 Å². The number of ether oxygens (including phenoxy) is 1. The summed E-state index contributed by atoms with van der Waals surface area (Å²) in [6.45, 7) is 2.35. The molecule has 1 amide bonds. The molecule has 31 heavy (non-hydrogen) atoms. The van der Waals surface area contributed by atoms with Crippen molar-refractivity contribution in [3.05, 3.63) is 74.4 Å². The van der Waals surface area contributed by atoms with Crippen LogP contribution in [0.3, 0.4) is 0 Å². The summed E-state index contributed by atoms with van der Waals surface area (Å²) in [7, 11) is 0. The number of nitro benzene ring substituents is 1. The number of halogens is 1. The summed E-state index contributed by atoms with van der Waals surface area (Å²) in [5, 5.41) is 11.5. The summed E-state index contributed by atoms with van der Waals surface area (Å²) in [5.41, 5.74) is 2.01. The number of Topliss-reactive ketones (excluding diaryl/α,β-unsaturated/α-hetero) is 1. The van der Waals surface area contributed by atoms with Gasteiger partial charge in [0, 0.05) is 47.7 Å². The lowest BCUT2D eigenvalue weighted by Crippen LogP contribution is -2.40. The molecule has 1 atom stereocenters. The topological polar surface area (TPSA) is 89.8 Å². The zero-order valence-corrected chi connectivity index (χ0v) is 17.7. The summed E-state index contributed by atoms with van der Waals surface area (Å²) >= 11 is 6.34. The Morgan fingerprint density at radius 2 is 1.97 bits per heavy atom. The van der Waals surface area contributed by atoms with Crippen molar-refractivity contribution in [3.8, 4) is 5.75 Å². The van der Waals surface area contributed by atoms with E-state index in [1.165, 1.54) is 23.1 Å². The molecule has 1 aliphatic heterocycles. The number of hydrogen-bond acceptors (Lipinski definition) is 5. The molecular formula is C23H21ClN2O5. The first-order valence-corrected chi connectivity index (χ1v) is 10.5. The number of para-hydroxylation sites is 1. The standard InChI is InChI=1S/C23H21ClN2O5/c1-2-31-21-9-4-3-6-15(21)16-13-22(28)25(18-7-5-8-20(27)23(16)18)19-12-14(26(29)30)10-11-17(19)24/h3-4,6,9-12,16H,2,5,7-8,13H2,1H3. The first-order valence-electron chi connectivity index (χ1n) is 10.2. The summed E-state index contributed by atoms with van der Waals surface area (Å²) < 4.78 is 5.76. The van der Waals surface area contributed by atoms with Crippen LogP contribution >= 0.6 is 11.6 Å². The summed E-state index contributed by atoms with van der Waals surface area (Å²) in [5.74, 6) is -0.0506. The highest BCUT2D eigenvalue weighted by molar-refractivity contribution is 6.34. The quantitative estimate of drug-likeness (QED) is 0.472. The molecule has 0 N–H and O–H groups in total. The molecule has 0 bridgehead atoms. The Balaban J connectivity index is 1.89. The van der Waals surface area contributed by atoms with E-state index >= 15 is 0 Å². The smallest absolute Gasteiger partial charge is 0.271 e. The Labute approximate surface area is 184 Å². The lowest BCUT2D eigenvalue weighted by atomic mass is 9.77. The lowest BCUT2D eigenvalue weighted by molar-refractivity contribution is -0.384. The van der Waals surface area contributed by atoms with E-state index in [0.717, 1.165) is 5.56 Å². The first-order chi connectivity index (χ1) is 14.9. The molecule has 8 heteroatoms. The van der Waals surface area contributed by atoms with Gasteiger partial charge in [0.2, 0.25) is 5.91 Å². The van der Waals surface area contributed by atoms with Crippen LogP contribution in [0, 0.1) is 10.1 Å². The van der Waals surface area contributed by atoms with E-state index in [2.05, 4.69) is 0 Å². The zero-order chi connectivity index (χ0) is 22.1. The third-order valence-electron chi connectivity index (χ3n) is 5.65. The second kappa shape index (κ2) is 8.51. The number of amides is 1. The highest BCUT2D eigenvalue weighted by Crippen LogP contribution is 2.47. The van der Waals surface area contributed by atoms with Crippen molar-refractivity contribution in [2.45, 2.75) is 38.5 Å². The van der Waals surface area contributed by atoms with Crippen LogP contribution in [0.1, 0.15) is 44.1 Å². The van der Waals surface area contributed by atoms with Gasteiger partial charge in [-0.3, -0.25) is 24.6 Å². The van der Waals surface area contributed by atoms with Gasteiger partial charge in [-0.05, 0) is 31.9 Å². The molecule has 0 fully saturated rings. The third-order valence-corrected chi connectivity index (χ3v) is 5.97. The molecule has 1 aliphatic carbocycles. The number of allylic oxidation sites excluding steroid dienone is 2. The maximum atomic E-state index is 13.4. The lowest BCUT2D eigenvalue weighted by Gasteiger charge is -2.38. The van der Waals surface area contributed by atoms with Gasteiger partial charge >= 0.3 is 0 Å². The van der Waals surface area contributed by atoms with Crippen molar-refractivity contribution >= 4 is 34.7 Å². The fourth-order valence-corrected chi connectivity index (χ4v) is 4.58. The number of nitrogens with zero attached hydrogens (tertiary/aromatic N) is 2. The molecule has 0 saturated heterocycles. The minimum atomic E-state index is -0.531. The van der Waals surface area contributed by atoms with Gasteiger partial charge < -0.3 is 4.74 Å². The van der Waals surface area contributed by atoms with Crippen LogP contribution in [-0.2, 0) is 9.59 Å². The Hall–Kier alpha value is -3.19. The number of benzene rings is 2. The number of nitro groups is 1. The molecule has 0 radical (unpaired) electrons. The van der Waals surface area contributed by atoms with Crippen LogP contribution < -0.4 is 9.64 Å². The second-order valence-electron chi connectivity index (χ2n) is 7.49. The SMILES string of the molecule is CCOc1ccccc1C1CC(=O)N(c2cc([N+](=O)[O-])ccc2Cl)C2=C1C(=O)CCC2. The maximum Gasteiger partial charge on any atom is 0.271 e. The minimum absolute atomic E-state index is 0.0170. The second-order valence-corrected chi connectivity index (χ2v) is 7.89. The van der Waals surface area contributed by atoms with Crippen molar-refractivity contribution in [1.29, 1.82) is 0 Å². The number of ketones is 1. The Morgan fingerprint density at radius 3 is 2.71 bits per heavy atom. The maximum absolute atomic E-state index is 13.4. The minimum Gasteiger partial charge on any atom is -0.494 e. The normalized spacial score (nSPS) is 18.8. The fraction of sp³-hybridized carbons (Fsp3) is 0.304. The molecular weight excluding hydrogens is 420 g/mol. The van der Waals surface area contributed by atoms with Gasteiger partial charge in [-0.15, -0.1) is 0 Å². The predicted octanol–water partition coefficient (Wildman–Crippen LogP) is 5.17. The van der Waals surface area contributed by atoms with Crippen molar-refractivity contribution in [2.75, 3.05) is 11.5 Å². The van der Waals surface area contributed by atoms with Crippen LogP contribution in [0.5, 0.6) is 5.75 Å². The van der Waals surface area contributed by atoms with Gasteiger partial charge in [0.15, 0.2) is 5.78 Å². The molecule has 0 spiro atoms.